The molecule has 0 spiro atoms. The lowest BCUT2D eigenvalue weighted by Gasteiger charge is -2.32. The van der Waals surface area contributed by atoms with Crippen LogP contribution in [-0.2, 0) is 19.4 Å². The van der Waals surface area contributed by atoms with Crippen molar-refractivity contribution in [3.8, 4) is 16.5 Å². The molecule has 13 heteroatoms. The molecule has 1 saturated heterocycles. The van der Waals surface area contributed by atoms with E-state index < -0.39 is 62.9 Å². The smallest absolute Gasteiger partial charge is 0.304 e. The molecule has 3 aliphatic rings. The molecule has 5 rings (SSSR count). The molecule has 39 heavy (non-hydrogen) atoms. The third-order valence-electron chi connectivity index (χ3n) is 7.96. The first-order valence-electron chi connectivity index (χ1n) is 12.6. The Kier molecular flexibility index (Phi) is 6.48. The van der Waals surface area contributed by atoms with E-state index in [0.29, 0.717) is 10.5 Å². The number of carbonyl (C=O) groups is 2. The molecule has 1 aromatic carbocycles. The number of aromatic nitrogens is 1. The molecule has 0 unspecified atom stereocenters. The largest absolute Gasteiger partial charge is 0.403 e. The minimum absolute atomic E-state index is 0.0909. The lowest BCUT2D eigenvalue weighted by atomic mass is 10.0. The Bertz CT molecular complexity index is 1520. The van der Waals surface area contributed by atoms with E-state index in [1.807, 2.05) is 19.9 Å². The molecule has 1 aliphatic heterocycles. The molecule has 2 atom stereocenters. The van der Waals surface area contributed by atoms with Gasteiger partial charge >= 0.3 is 6.18 Å². The highest BCUT2D eigenvalue weighted by atomic mass is 32.2. The fourth-order valence-electron chi connectivity index (χ4n) is 5.34. The van der Waals surface area contributed by atoms with Gasteiger partial charge in [0, 0.05) is 6.54 Å². The van der Waals surface area contributed by atoms with Gasteiger partial charge in [-0.1, -0.05) is 6.07 Å². The van der Waals surface area contributed by atoms with Crippen LogP contribution in [0.5, 0.6) is 0 Å². The van der Waals surface area contributed by atoms with E-state index in [4.69, 9.17) is 0 Å². The van der Waals surface area contributed by atoms with Crippen molar-refractivity contribution in [3.05, 3.63) is 34.5 Å². The second-order valence-corrected chi connectivity index (χ2v) is 14.1. The van der Waals surface area contributed by atoms with Crippen LogP contribution in [0.2, 0.25) is 0 Å². The normalized spacial score (nSPS) is 23.2. The van der Waals surface area contributed by atoms with Crippen LogP contribution in [0.3, 0.4) is 0 Å². The molecule has 208 valence electrons. The minimum atomic E-state index is -4.84. The first-order chi connectivity index (χ1) is 18.2. The molecule has 2 aliphatic carbocycles. The van der Waals surface area contributed by atoms with Crippen molar-refractivity contribution in [3.63, 3.8) is 0 Å². The maximum Gasteiger partial charge on any atom is 0.403 e. The van der Waals surface area contributed by atoms with E-state index in [1.54, 1.807) is 19.1 Å². The number of imide groups is 1. The van der Waals surface area contributed by atoms with Crippen LogP contribution in [0.1, 0.15) is 48.4 Å². The number of thiazole rings is 1. The standard InChI is InChI=1S/C26H27F3N4O4S2/c1-14-10-17(21-15(2)32-16(3)38-21)4-5-20(14)39(36,37)18-11-19(31-12-18)22(34)33(24(13-30)6-7-24)23(35)25(8-9-25)26(27,28)29/h4-5,10,18-19,31H,6-9,11-12H2,1-3H3/t18-,19+/m1/s1. The van der Waals surface area contributed by atoms with Crippen molar-refractivity contribution in [2.24, 2.45) is 5.41 Å². The second kappa shape index (κ2) is 9.11. The highest BCUT2D eigenvalue weighted by Crippen LogP contribution is 2.60. The molecule has 2 aromatic rings. The van der Waals surface area contributed by atoms with Crippen LogP contribution < -0.4 is 5.32 Å². The molecule has 2 amide bonds. The summed E-state index contributed by atoms with van der Waals surface area (Å²) in [7, 11) is -3.93. The van der Waals surface area contributed by atoms with E-state index in [9.17, 15) is 36.4 Å². The number of nitrogens with zero attached hydrogens (tertiary/aromatic N) is 3. The molecular formula is C26H27F3N4O4S2. The Morgan fingerprint density at radius 2 is 1.85 bits per heavy atom. The summed E-state index contributed by atoms with van der Waals surface area (Å²) in [6.07, 6.45) is -5.76. The first-order valence-corrected chi connectivity index (χ1v) is 14.9. The summed E-state index contributed by atoms with van der Waals surface area (Å²) in [5.41, 5.74) is -2.07. The van der Waals surface area contributed by atoms with Gasteiger partial charge in [-0.05, 0) is 76.1 Å². The van der Waals surface area contributed by atoms with E-state index >= 15 is 0 Å². The highest BCUT2D eigenvalue weighted by molar-refractivity contribution is 7.92. The van der Waals surface area contributed by atoms with Crippen molar-refractivity contribution in [2.75, 3.05) is 6.54 Å². The number of hydrogen-bond donors (Lipinski definition) is 1. The fraction of sp³-hybridized carbons (Fsp3) is 0.538. The Morgan fingerprint density at radius 3 is 2.33 bits per heavy atom. The molecule has 3 fully saturated rings. The van der Waals surface area contributed by atoms with E-state index in [-0.39, 0.29) is 30.7 Å². The van der Waals surface area contributed by atoms with Gasteiger partial charge in [-0.25, -0.2) is 13.4 Å². The summed E-state index contributed by atoms with van der Waals surface area (Å²) in [6.45, 7) is 5.34. The maximum atomic E-state index is 13.7. The number of sulfone groups is 1. The lowest BCUT2D eigenvalue weighted by molar-refractivity contribution is -0.200. The molecule has 8 nitrogen and oxygen atoms in total. The topological polar surface area (TPSA) is 120 Å². The maximum absolute atomic E-state index is 13.7. The number of halogens is 3. The molecule has 2 heterocycles. The number of carbonyl (C=O) groups excluding carboxylic acids is 2. The van der Waals surface area contributed by atoms with Gasteiger partial charge in [-0.15, -0.1) is 11.3 Å². The first kappa shape index (κ1) is 27.7. The Hall–Kier alpha value is -2.82. The average molecular weight is 581 g/mol. The third kappa shape index (κ3) is 4.46. The van der Waals surface area contributed by atoms with Gasteiger partial charge in [-0.2, -0.15) is 18.4 Å². The van der Waals surface area contributed by atoms with Crippen LogP contribution >= 0.6 is 11.3 Å². The third-order valence-corrected chi connectivity index (χ3v) is 11.4. The van der Waals surface area contributed by atoms with Gasteiger partial charge in [0.2, 0.25) is 11.8 Å². The SMILES string of the molecule is Cc1nc(C)c(-c2ccc(S(=O)(=O)[C@H]3CN[C@H](C(=O)N(C(=O)C4(C(F)(F)F)CC4)C4(C#N)CC4)C3)c(C)c2)s1. The van der Waals surface area contributed by atoms with Crippen LogP contribution in [-0.4, -0.2) is 59.7 Å². The molecule has 0 bridgehead atoms. The van der Waals surface area contributed by atoms with Crippen LogP contribution in [0.25, 0.3) is 10.4 Å². The number of nitriles is 1. The van der Waals surface area contributed by atoms with E-state index in [1.165, 1.54) is 17.4 Å². The predicted molar refractivity (Wildman–Crippen MR) is 136 cm³/mol. The van der Waals surface area contributed by atoms with Gasteiger partial charge in [0.05, 0.1) is 37.8 Å². The molecule has 0 radical (unpaired) electrons. The number of amides is 2. The van der Waals surface area contributed by atoms with Crippen molar-refractivity contribution in [1.29, 1.82) is 5.26 Å². The van der Waals surface area contributed by atoms with E-state index in [0.717, 1.165) is 21.1 Å². The fourth-order valence-corrected chi connectivity index (χ4v) is 8.14. The van der Waals surface area contributed by atoms with E-state index in [2.05, 4.69) is 10.3 Å². The van der Waals surface area contributed by atoms with Crippen molar-refractivity contribution in [2.45, 2.75) is 80.8 Å². The summed E-state index contributed by atoms with van der Waals surface area (Å²) < 4.78 is 68.3. The number of hydrogen-bond acceptors (Lipinski definition) is 8. The molecule has 2 saturated carbocycles. The van der Waals surface area contributed by atoms with Gasteiger partial charge in [0.1, 0.15) is 11.0 Å². The zero-order chi connectivity index (χ0) is 28.5. The number of rotatable bonds is 6. The van der Waals surface area contributed by atoms with Gasteiger partial charge < -0.3 is 5.32 Å². The summed E-state index contributed by atoms with van der Waals surface area (Å²) in [5, 5.41) is 12.3. The number of aryl methyl sites for hydroxylation is 3. The van der Waals surface area contributed by atoms with Crippen LogP contribution in [0.15, 0.2) is 23.1 Å². The molecular weight excluding hydrogens is 553 g/mol. The second-order valence-electron chi connectivity index (χ2n) is 10.7. The zero-order valence-electron chi connectivity index (χ0n) is 21.6. The van der Waals surface area contributed by atoms with Crippen molar-refractivity contribution >= 4 is 33.0 Å². The molecule has 1 aromatic heterocycles. The molecule has 1 N–H and O–H groups in total. The van der Waals surface area contributed by atoms with Gasteiger partial charge in [0.15, 0.2) is 9.84 Å². The highest BCUT2D eigenvalue weighted by Gasteiger charge is 2.72. The predicted octanol–water partition coefficient (Wildman–Crippen LogP) is 3.99. The summed E-state index contributed by atoms with van der Waals surface area (Å²) in [6, 6.07) is 5.66. The van der Waals surface area contributed by atoms with Crippen molar-refractivity contribution < 1.29 is 31.2 Å². The number of alkyl halides is 3. The van der Waals surface area contributed by atoms with Gasteiger partial charge in [-0.3, -0.25) is 14.5 Å². The van der Waals surface area contributed by atoms with Gasteiger partial charge in [0.25, 0.3) is 0 Å². The lowest BCUT2D eigenvalue weighted by Crippen LogP contribution is -2.56. The van der Waals surface area contributed by atoms with Crippen LogP contribution in [0.4, 0.5) is 13.2 Å². The monoisotopic (exact) mass is 580 g/mol. The number of benzene rings is 1. The Labute approximate surface area is 228 Å². The summed E-state index contributed by atoms with van der Waals surface area (Å²) >= 11 is 1.51. The number of nitrogens with one attached hydrogen (secondary N) is 1. The summed E-state index contributed by atoms with van der Waals surface area (Å²) in [5.74, 6) is -2.39. The average Bonchev–Trinajstić information content (AvgIpc) is 3.75. The van der Waals surface area contributed by atoms with Crippen molar-refractivity contribution in [1.82, 2.24) is 15.2 Å². The quantitative estimate of drug-likeness (QED) is 0.513. The zero-order valence-corrected chi connectivity index (χ0v) is 23.2. The summed E-state index contributed by atoms with van der Waals surface area (Å²) in [4.78, 5) is 32.5. The Morgan fingerprint density at radius 1 is 1.18 bits per heavy atom. The minimum Gasteiger partial charge on any atom is -0.304 e. The Balaban J connectivity index is 1.38. The van der Waals surface area contributed by atoms with Crippen LogP contribution in [0, 0.1) is 37.5 Å².